The second kappa shape index (κ2) is 6.32. The van der Waals surface area contributed by atoms with Gasteiger partial charge in [0.25, 0.3) is 0 Å². The van der Waals surface area contributed by atoms with Crippen LogP contribution in [0.4, 0.5) is 0 Å². The quantitative estimate of drug-likeness (QED) is 0.911. The van der Waals surface area contributed by atoms with Crippen molar-refractivity contribution >= 4 is 29.3 Å². The molecule has 0 bridgehead atoms. The average Bonchev–Trinajstić information content (AvgIpc) is 2.85. The van der Waals surface area contributed by atoms with Gasteiger partial charge in [-0.2, -0.15) is 4.37 Å². The molecule has 106 valence electrons. The highest BCUT2D eigenvalue weighted by molar-refractivity contribution is 8.00. The van der Waals surface area contributed by atoms with Gasteiger partial charge in [0.1, 0.15) is 10.9 Å². The summed E-state index contributed by atoms with van der Waals surface area (Å²) in [6.07, 6.45) is 0.789. The van der Waals surface area contributed by atoms with Gasteiger partial charge < -0.3 is 5.11 Å². The van der Waals surface area contributed by atoms with E-state index in [1.165, 1.54) is 23.3 Å². The first-order chi connectivity index (χ1) is 9.49. The van der Waals surface area contributed by atoms with Crippen molar-refractivity contribution in [3.05, 3.63) is 29.2 Å². The summed E-state index contributed by atoms with van der Waals surface area (Å²) in [6, 6.07) is 3.19. The van der Waals surface area contributed by atoms with Crippen LogP contribution >= 0.6 is 23.3 Å². The molecule has 0 saturated carbocycles. The van der Waals surface area contributed by atoms with Gasteiger partial charge in [0.05, 0.1) is 5.56 Å². The lowest BCUT2D eigenvalue weighted by molar-refractivity contribution is 0.0696. The summed E-state index contributed by atoms with van der Waals surface area (Å²) < 4.78 is 5.00. The largest absolute Gasteiger partial charge is 0.478 e. The van der Waals surface area contributed by atoms with Gasteiger partial charge in [-0.05, 0) is 41.3 Å². The van der Waals surface area contributed by atoms with Crippen LogP contribution in [0, 0.1) is 0 Å². The van der Waals surface area contributed by atoms with Crippen molar-refractivity contribution in [3.63, 3.8) is 0 Å². The molecule has 0 aromatic carbocycles. The van der Waals surface area contributed by atoms with Gasteiger partial charge in [0.2, 0.25) is 0 Å². The Morgan fingerprint density at radius 2 is 2.15 bits per heavy atom. The lowest BCUT2D eigenvalue weighted by atomic mass is 10.1. The van der Waals surface area contributed by atoms with Crippen LogP contribution < -0.4 is 0 Å². The molecule has 1 N–H and O–H groups in total. The van der Waals surface area contributed by atoms with E-state index in [0.717, 1.165) is 22.3 Å². The molecule has 0 amide bonds. The van der Waals surface area contributed by atoms with Crippen LogP contribution in [0.2, 0.25) is 0 Å². The Labute approximate surface area is 125 Å². The molecule has 20 heavy (non-hydrogen) atoms. The van der Waals surface area contributed by atoms with Gasteiger partial charge in [-0.15, -0.1) is 0 Å². The molecular weight excluding hydrogens is 294 g/mol. The molecule has 0 spiro atoms. The Morgan fingerprint density at radius 3 is 2.70 bits per heavy atom. The normalized spacial score (nSPS) is 11.0. The summed E-state index contributed by atoms with van der Waals surface area (Å²) in [5.41, 5.74) is 1.03. The number of aromatic nitrogens is 3. The van der Waals surface area contributed by atoms with Crippen molar-refractivity contribution in [3.8, 4) is 0 Å². The van der Waals surface area contributed by atoms with E-state index >= 15 is 0 Å². The summed E-state index contributed by atoms with van der Waals surface area (Å²) in [6.45, 7) is 5.97. The van der Waals surface area contributed by atoms with Gasteiger partial charge in [0.15, 0.2) is 4.34 Å². The average molecular weight is 309 g/mol. The fourth-order valence-corrected chi connectivity index (χ4v) is 3.19. The lowest BCUT2D eigenvalue weighted by Gasteiger charge is -2.08. The van der Waals surface area contributed by atoms with Crippen LogP contribution in [0.5, 0.6) is 0 Å². The van der Waals surface area contributed by atoms with Gasteiger partial charge in [-0.3, -0.25) is 0 Å². The van der Waals surface area contributed by atoms with E-state index in [-0.39, 0.29) is 11.5 Å². The maximum Gasteiger partial charge on any atom is 0.335 e. The fourth-order valence-electron chi connectivity index (χ4n) is 1.51. The van der Waals surface area contributed by atoms with E-state index in [4.69, 9.17) is 5.11 Å². The van der Waals surface area contributed by atoms with E-state index in [1.807, 2.05) is 20.8 Å². The molecule has 0 fully saturated rings. The number of carboxylic acids is 1. The smallest absolute Gasteiger partial charge is 0.335 e. The number of pyridine rings is 1. The van der Waals surface area contributed by atoms with E-state index in [0.29, 0.717) is 5.03 Å². The molecule has 2 heterocycles. The Hall–Kier alpha value is -1.47. The predicted octanol–water partition coefficient (Wildman–Crippen LogP) is 3.47. The highest BCUT2D eigenvalue weighted by atomic mass is 32.2. The molecule has 2 aromatic rings. The van der Waals surface area contributed by atoms with Gasteiger partial charge in [-0.25, -0.2) is 14.8 Å². The van der Waals surface area contributed by atoms with Crippen molar-refractivity contribution in [2.45, 2.75) is 42.5 Å². The third-order valence-electron chi connectivity index (χ3n) is 2.62. The van der Waals surface area contributed by atoms with E-state index in [2.05, 4.69) is 14.3 Å². The Morgan fingerprint density at radius 1 is 1.40 bits per heavy atom. The first-order valence-corrected chi connectivity index (χ1v) is 7.84. The number of carboxylic acid groups (broad SMARTS) is 1. The zero-order valence-corrected chi connectivity index (χ0v) is 13.1. The monoisotopic (exact) mass is 309 g/mol. The standard InChI is InChI=1S/C13H15N3O2S2/c1-4-10-15-13(20-16-10)19-11-6-8(12(17)18)5-9(14-11)7(2)3/h5-7H,4H2,1-3H3,(H,17,18). The summed E-state index contributed by atoms with van der Waals surface area (Å²) in [5.74, 6) is 0.0351. The van der Waals surface area contributed by atoms with Crippen LogP contribution in [0.3, 0.4) is 0 Å². The molecule has 7 heteroatoms. The molecule has 0 aliphatic carbocycles. The number of aromatic carboxylic acids is 1. The second-order valence-corrected chi connectivity index (χ2v) is 6.53. The van der Waals surface area contributed by atoms with E-state index in [1.54, 1.807) is 12.1 Å². The number of hydrogen-bond acceptors (Lipinski definition) is 6. The first kappa shape index (κ1) is 14.9. The SMILES string of the molecule is CCc1nsc(Sc2cc(C(=O)O)cc(C(C)C)n2)n1. The Balaban J connectivity index is 2.32. The van der Waals surface area contributed by atoms with Crippen LogP contribution in [0.1, 0.15) is 48.6 Å². The Bertz CT molecular complexity index is 626. The molecule has 2 rings (SSSR count). The third kappa shape index (κ3) is 3.55. The first-order valence-electron chi connectivity index (χ1n) is 6.25. The van der Waals surface area contributed by atoms with Crippen LogP contribution in [-0.4, -0.2) is 25.4 Å². The highest BCUT2D eigenvalue weighted by Crippen LogP contribution is 2.29. The predicted molar refractivity (Wildman–Crippen MR) is 78.7 cm³/mol. The number of carbonyl (C=O) groups is 1. The van der Waals surface area contributed by atoms with Crippen molar-refractivity contribution in [2.24, 2.45) is 0 Å². The topological polar surface area (TPSA) is 76.0 Å². The number of rotatable bonds is 5. The third-order valence-corrected chi connectivity index (χ3v) is 4.32. The fraction of sp³-hybridized carbons (Fsp3) is 0.385. The molecule has 0 saturated heterocycles. The van der Waals surface area contributed by atoms with Gasteiger partial charge >= 0.3 is 5.97 Å². The van der Waals surface area contributed by atoms with E-state index in [9.17, 15) is 4.79 Å². The number of aryl methyl sites for hydroxylation is 1. The van der Waals surface area contributed by atoms with Crippen LogP contribution in [0.25, 0.3) is 0 Å². The summed E-state index contributed by atoms with van der Waals surface area (Å²) in [5, 5.41) is 9.81. The molecule has 2 aromatic heterocycles. The summed E-state index contributed by atoms with van der Waals surface area (Å²) >= 11 is 2.67. The van der Waals surface area contributed by atoms with Gasteiger partial charge in [0, 0.05) is 12.1 Å². The number of nitrogens with zero attached hydrogens (tertiary/aromatic N) is 3. The molecule has 0 radical (unpaired) electrons. The molecule has 0 aliphatic heterocycles. The van der Waals surface area contributed by atoms with Crippen molar-refractivity contribution < 1.29 is 9.90 Å². The molecule has 5 nitrogen and oxygen atoms in total. The lowest BCUT2D eigenvalue weighted by Crippen LogP contribution is -2.02. The van der Waals surface area contributed by atoms with Crippen molar-refractivity contribution in [2.75, 3.05) is 0 Å². The summed E-state index contributed by atoms with van der Waals surface area (Å²) in [4.78, 5) is 20.0. The molecule has 0 aliphatic rings. The van der Waals surface area contributed by atoms with Crippen LogP contribution in [0.15, 0.2) is 21.5 Å². The minimum absolute atomic E-state index is 0.175. The molecule has 0 atom stereocenters. The minimum Gasteiger partial charge on any atom is -0.478 e. The summed E-state index contributed by atoms with van der Waals surface area (Å²) in [7, 11) is 0. The Kier molecular flexibility index (Phi) is 4.72. The molecule has 0 unspecified atom stereocenters. The van der Waals surface area contributed by atoms with Crippen molar-refractivity contribution in [1.29, 1.82) is 0 Å². The zero-order valence-electron chi connectivity index (χ0n) is 11.5. The zero-order chi connectivity index (χ0) is 14.7. The van der Waals surface area contributed by atoms with E-state index < -0.39 is 5.97 Å². The maximum atomic E-state index is 11.2. The number of hydrogen-bond donors (Lipinski definition) is 1. The minimum atomic E-state index is -0.942. The van der Waals surface area contributed by atoms with Crippen LogP contribution in [-0.2, 0) is 6.42 Å². The van der Waals surface area contributed by atoms with Gasteiger partial charge in [-0.1, -0.05) is 20.8 Å². The highest BCUT2D eigenvalue weighted by Gasteiger charge is 2.13. The second-order valence-electron chi connectivity index (χ2n) is 4.51. The molecular formula is C13H15N3O2S2. The van der Waals surface area contributed by atoms with Crippen molar-refractivity contribution in [1.82, 2.24) is 14.3 Å². The maximum absolute atomic E-state index is 11.2.